The molecule has 4 rings (SSSR count). The van der Waals surface area contributed by atoms with Gasteiger partial charge in [-0.2, -0.15) is 0 Å². The Bertz CT molecular complexity index is 1300. The van der Waals surface area contributed by atoms with Crippen LogP contribution in [-0.2, 0) is 14.6 Å². The maximum absolute atomic E-state index is 13.4. The van der Waals surface area contributed by atoms with Crippen LogP contribution in [0.25, 0.3) is 16.9 Å². The Morgan fingerprint density at radius 3 is 2.54 bits per heavy atom. The molecule has 35 heavy (non-hydrogen) atoms. The molecule has 0 N–H and O–H groups in total. The van der Waals surface area contributed by atoms with E-state index in [0.717, 1.165) is 28.5 Å². The van der Waals surface area contributed by atoms with Crippen molar-refractivity contribution in [1.82, 2.24) is 14.5 Å². The van der Waals surface area contributed by atoms with E-state index in [1.807, 2.05) is 54.9 Å². The molecular formula is C27H33N3O3S2. The Kier molecular flexibility index (Phi) is 7.71. The van der Waals surface area contributed by atoms with E-state index in [0.29, 0.717) is 6.42 Å². The average molecular weight is 512 g/mol. The molecule has 2 heterocycles. The van der Waals surface area contributed by atoms with E-state index in [1.165, 1.54) is 22.9 Å². The zero-order valence-electron chi connectivity index (χ0n) is 20.8. The zero-order chi connectivity index (χ0) is 25.2. The second-order valence-electron chi connectivity index (χ2n) is 9.32. The van der Waals surface area contributed by atoms with Crippen molar-refractivity contribution in [2.45, 2.75) is 57.8 Å². The minimum Gasteiger partial charge on any atom is -0.335 e. The summed E-state index contributed by atoms with van der Waals surface area (Å²) < 4.78 is 26.2. The monoisotopic (exact) mass is 511 g/mol. The first-order valence-corrected chi connectivity index (χ1v) is 14.9. The molecule has 0 saturated carbocycles. The molecule has 3 aromatic rings. The van der Waals surface area contributed by atoms with Gasteiger partial charge in [0.15, 0.2) is 15.0 Å². The summed E-state index contributed by atoms with van der Waals surface area (Å²) in [5.74, 6) is 0.380. The largest absolute Gasteiger partial charge is 0.335 e. The average Bonchev–Trinajstić information content (AvgIpc) is 3.43. The van der Waals surface area contributed by atoms with Crippen molar-refractivity contribution < 1.29 is 13.2 Å². The van der Waals surface area contributed by atoms with Crippen LogP contribution in [0.1, 0.15) is 37.8 Å². The number of carbonyl (C=O) groups excluding carboxylic acids is 1. The van der Waals surface area contributed by atoms with Crippen molar-refractivity contribution in [2.24, 2.45) is 0 Å². The molecule has 0 spiro atoms. The van der Waals surface area contributed by atoms with E-state index in [2.05, 4.69) is 32.0 Å². The number of benzene rings is 2. The van der Waals surface area contributed by atoms with Gasteiger partial charge in [-0.05, 0) is 62.9 Å². The van der Waals surface area contributed by atoms with Gasteiger partial charge in [-0.25, -0.2) is 13.4 Å². The fraction of sp³-hybridized carbons (Fsp3) is 0.407. The van der Waals surface area contributed by atoms with Gasteiger partial charge in [0.1, 0.15) is 0 Å². The second kappa shape index (κ2) is 10.6. The molecular weight excluding hydrogens is 478 g/mol. The Morgan fingerprint density at radius 1 is 1.17 bits per heavy atom. The molecule has 186 valence electrons. The predicted octanol–water partition coefficient (Wildman–Crippen LogP) is 5.06. The molecule has 1 aromatic heterocycles. The molecule has 2 unspecified atom stereocenters. The lowest BCUT2D eigenvalue weighted by atomic mass is 10.0. The first kappa shape index (κ1) is 25.5. The number of imidazole rings is 1. The van der Waals surface area contributed by atoms with Gasteiger partial charge in [0.2, 0.25) is 5.91 Å². The Morgan fingerprint density at radius 2 is 1.91 bits per heavy atom. The van der Waals surface area contributed by atoms with Crippen LogP contribution < -0.4 is 0 Å². The lowest BCUT2D eigenvalue weighted by molar-refractivity contribution is -0.132. The highest BCUT2D eigenvalue weighted by atomic mass is 32.2. The molecule has 2 atom stereocenters. The highest BCUT2D eigenvalue weighted by Gasteiger charge is 2.36. The number of rotatable bonds is 8. The normalized spacial score (nSPS) is 17.9. The number of nitrogens with zero attached hydrogens (tertiary/aromatic N) is 3. The molecule has 0 bridgehead atoms. The summed E-state index contributed by atoms with van der Waals surface area (Å²) >= 11 is 1.40. The van der Waals surface area contributed by atoms with Gasteiger partial charge in [-0.15, -0.1) is 0 Å². The van der Waals surface area contributed by atoms with Crippen LogP contribution in [-0.4, -0.2) is 58.1 Å². The summed E-state index contributed by atoms with van der Waals surface area (Å²) in [7, 11) is -3.08. The summed E-state index contributed by atoms with van der Waals surface area (Å²) in [4.78, 5) is 20.1. The molecule has 8 heteroatoms. The van der Waals surface area contributed by atoms with Crippen LogP contribution in [0.15, 0.2) is 59.9 Å². The van der Waals surface area contributed by atoms with Crippen molar-refractivity contribution in [3.05, 3.63) is 65.9 Å². The first-order valence-electron chi connectivity index (χ1n) is 12.1. The van der Waals surface area contributed by atoms with Crippen molar-refractivity contribution in [3.63, 3.8) is 0 Å². The molecule has 1 fully saturated rings. The van der Waals surface area contributed by atoms with E-state index < -0.39 is 9.84 Å². The quantitative estimate of drug-likeness (QED) is 0.395. The number of hydrogen-bond acceptors (Lipinski definition) is 5. The fourth-order valence-electron chi connectivity index (χ4n) is 4.48. The Balaban J connectivity index is 1.61. The molecule has 1 aliphatic rings. The molecule has 1 saturated heterocycles. The highest BCUT2D eigenvalue weighted by molar-refractivity contribution is 7.99. The van der Waals surface area contributed by atoms with Crippen LogP contribution in [0.2, 0.25) is 0 Å². The van der Waals surface area contributed by atoms with Crippen LogP contribution >= 0.6 is 11.8 Å². The number of carbonyl (C=O) groups is 1. The van der Waals surface area contributed by atoms with E-state index in [9.17, 15) is 13.2 Å². The molecule has 1 aliphatic heterocycles. The Hall–Kier alpha value is -2.58. The third-order valence-corrected chi connectivity index (χ3v) is 9.48. The van der Waals surface area contributed by atoms with Crippen molar-refractivity contribution >= 4 is 27.5 Å². The van der Waals surface area contributed by atoms with Gasteiger partial charge in [-0.1, -0.05) is 49.0 Å². The summed E-state index contributed by atoms with van der Waals surface area (Å²) in [5.41, 5.74) is 5.30. The predicted molar refractivity (Wildman–Crippen MR) is 143 cm³/mol. The van der Waals surface area contributed by atoms with Gasteiger partial charge < -0.3 is 4.90 Å². The SMILES string of the molecule is CCC(C)N(C(=O)CSc1nc(-c2ccc(C)c(C)c2)cn1-c1ccccc1)C1CCS(=O)(=O)C1. The number of sulfone groups is 1. The number of para-hydroxylation sites is 1. The Labute approximate surface area is 212 Å². The summed E-state index contributed by atoms with van der Waals surface area (Å²) in [5, 5.41) is 0.737. The van der Waals surface area contributed by atoms with Crippen LogP contribution in [0.5, 0.6) is 0 Å². The van der Waals surface area contributed by atoms with Gasteiger partial charge >= 0.3 is 0 Å². The van der Waals surface area contributed by atoms with E-state index in [4.69, 9.17) is 4.98 Å². The van der Waals surface area contributed by atoms with Crippen LogP contribution in [0.3, 0.4) is 0 Å². The minimum atomic E-state index is -3.08. The van der Waals surface area contributed by atoms with Crippen molar-refractivity contribution in [3.8, 4) is 16.9 Å². The fourth-order valence-corrected chi connectivity index (χ4v) is 7.05. The highest BCUT2D eigenvalue weighted by Crippen LogP contribution is 2.30. The van der Waals surface area contributed by atoms with Crippen molar-refractivity contribution in [2.75, 3.05) is 17.3 Å². The number of hydrogen-bond donors (Lipinski definition) is 0. The third-order valence-electron chi connectivity index (χ3n) is 6.79. The van der Waals surface area contributed by atoms with Crippen LogP contribution in [0.4, 0.5) is 0 Å². The maximum atomic E-state index is 13.4. The van der Waals surface area contributed by atoms with Gasteiger partial charge in [-0.3, -0.25) is 9.36 Å². The summed E-state index contributed by atoms with van der Waals surface area (Å²) in [6.45, 7) is 8.21. The van der Waals surface area contributed by atoms with E-state index in [-0.39, 0.29) is 35.2 Å². The van der Waals surface area contributed by atoms with Gasteiger partial charge in [0.05, 0.1) is 23.0 Å². The van der Waals surface area contributed by atoms with E-state index >= 15 is 0 Å². The number of aryl methyl sites for hydroxylation is 2. The lowest BCUT2D eigenvalue weighted by Crippen LogP contribution is -2.47. The molecule has 6 nitrogen and oxygen atoms in total. The van der Waals surface area contributed by atoms with Crippen molar-refractivity contribution in [1.29, 1.82) is 0 Å². The molecule has 1 amide bonds. The zero-order valence-corrected chi connectivity index (χ0v) is 22.4. The van der Waals surface area contributed by atoms with Gasteiger partial charge in [0.25, 0.3) is 0 Å². The number of thioether (sulfide) groups is 1. The van der Waals surface area contributed by atoms with E-state index in [1.54, 1.807) is 4.90 Å². The standard InChI is InChI=1S/C27H33N3O3S2/c1-5-21(4)30(24-13-14-35(32,33)18-24)26(31)17-34-27-28-25(22-12-11-19(2)20(3)15-22)16-29(27)23-9-7-6-8-10-23/h6-12,15-16,21,24H,5,13-14,17-18H2,1-4H3. The molecule has 0 radical (unpaired) electrons. The smallest absolute Gasteiger partial charge is 0.233 e. The number of aromatic nitrogens is 2. The van der Waals surface area contributed by atoms with Crippen LogP contribution in [0, 0.1) is 13.8 Å². The second-order valence-corrected chi connectivity index (χ2v) is 12.5. The number of amides is 1. The summed E-state index contributed by atoms with van der Waals surface area (Å²) in [6.07, 6.45) is 3.31. The van der Waals surface area contributed by atoms with Gasteiger partial charge in [0, 0.05) is 29.5 Å². The first-order chi connectivity index (χ1) is 16.7. The molecule has 0 aliphatic carbocycles. The lowest BCUT2D eigenvalue weighted by Gasteiger charge is -2.33. The molecule has 2 aromatic carbocycles. The third kappa shape index (κ3) is 5.81. The topological polar surface area (TPSA) is 72.3 Å². The minimum absolute atomic E-state index is 0.0126. The summed E-state index contributed by atoms with van der Waals surface area (Å²) in [6, 6.07) is 16.0. The maximum Gasteiger partial charge on any atom is 0.233 e.